The van der Waals surface area contributed by atoms with Gasteiger partial charge in [-0.1, -0.05) is 11.6 Å². The maximum atomic E-state index is 13.9. The number of hydrogen-bond acceptors (Lipinski definition) is 4. The molecule has 114 valence electrons. The van der Waals surface area contributed by atoms with Crippen molar-refractivity contribution in [2.24, 2.45) is 7.05 Å². The van der Waals surface area contributed by atoms with E-state index in [0.29, 0.717) is 5.39 Å². The molecule has 0 aliphatic heterocycles. The van der Waals surface area contributed by atoms with Gasteiger partial charge in [-0.2, -0.15) is 14.8 Å². The Bertz CT molecular complexity index is 1010. The maximum absolute atomic E-state index is 13.9. The molecule has 9 heteroatoms. The molecule has 0 amide bonds. The molecule has 2 aromatic heterocycles. The third kappa shape index (κ3) is 2.47. The van der Waals surface area contributed by atoms with E-state index in [2.05, 4.69) is 5.10 Å². The van der Waals surface area contributed by atoms with Crippen molar-refractivity contribution in [1.29, 1.82) is 5.26 Å². The summed E-state index contributed by atoms with van der Waals surface area (Å²) in [5.41, 5.74) is -0.0502. The number of nitro groups is 1. The molecule has 0 aliphatic rings. The van der Waals surface area contributed by atoms with E-state index in [1.807, 2.05) is 6.07 Å². The van der Waals surface area contributed by atoms with Gasteiger partial charge in [0.05, 0.1) is 20.9 Å². The summed E-state index contributed by atoms with van der Waals surface area (Å²) in [5.74, 6) is -0.528. The highest BCUT2D eigenvalue weighted by Crippen LogP contribution is 2.30. The molecule has 0 aliphatic carbocycles. The first-order valence-corrected chi connectivity index (χ1v) is 6.71. The van der Waals surface area contributed by atoms with Crippen LogP contribution in [0.5, 0.6) is 0 Å². The van der Waals surface area contributed by atoms with Gasteiger partial charge in [0.25, 0.3) is 5.69 Å². The monoisotopic (exact) mass is 332 g/mol. The molecule has 1 aromatic carbocycles. The molecule has 0 fully saturated rings. The largest absolute Gasteiger partial charge is 0.272 e. The normalized spacial score (nSPS) is 10.7. The molecule has 23 heavy (non-hydrogen) atoms. The number of aryl methyl sites for hydroxylation is 1. The molecule has 0 saturated carbocycles. The fraction of sp³-hybridized carbons (Fsp3) is 0.0714. The lowest BCUT2D eigenvalue weighted by atomic mass is 10.1. The number of aromatic nitrogens is 3. The van der Waals surface area contributed by atoms with E-state index >= 15 is 0 Å². The Kier molecular flexibility index (Phi) is 3.42. The molecule has 3 aromatic rings. The fourth-order valence-electron chi connectivity index (χ4n) is 2.29. The topological polar surface area (TPSA) is 88.6 Å². The average Bonchev–Trinajstić information content (AvgIpc) is 2.89. The Hall–Kier alpha value is -3.05. The summed E-state index contributed by atoms with van der Waals surface area (Å²) in [6.07, 6.45) is 4.43. The zero-order chi connectivity index (χ0) is 16.7. The lowest BCUT2D eigenvalue weighted by Gasteiger charge is -2.06. The first kappa shape index (κ1) is 14.9. The van der Waals surface area contributed by atoms with E-state index in [1.165, 1.54) is 21.6 Å². The van der Waals surface area contributed by atoms with Crippen molar-refractivity contribution < 1.29 is 13.9 Å². The van der Waals surface area contributed by atoms with E-state index in [1.54, 1.807) is 13.2 Å². The van der Waals surface area contributed by atoms with Gasteiger partial charge >= 0.3 is 0 Å². The number of rotatable bonds is 2. The van der Waals surface area contributed by atoms with Crippen LogP contribution in [0.2, 0.25) is 5.02 Å². The van der Waals surface area contributed by atoms with Gasteiger partial charge in [-0.05, 0) is 0 Å². The summed E-state index contributed by atoms with van der Waals surface area (Å²) in [6, 6.07) is 4.08. The SMILES string of the molecule is C[n+]1cc(F)c2nn(-c3c(Cl)cc([N+](=O)[O-])cc3C#N)cc2c1. The van der Waals surface area contributed by atoms with Crippen LogP contribution >= 0.6 is 11.6 Å². The van der Waals surface area contributed by atoms with Gasteiger partial charge in [-0.3, -0.25) is 10.1 Å². The van der Waals surface area contributed by atoms with Crippen molar-refractivity contribution in [2.45, 2.75) is 0 Å². The quantitative estimate of drug-likeness (QED) is 0.409. The Morgan fingerprint density at radius 3 is 2.87 bits per heavy atom. The number of nitro benzene ring substituents is 1. The second kappa shape index (κ2) is 5.30. The number of nitrogens with zero attached hydrogens (tertiary/aromatic N) is 5. The summed E-state index contributed by atoms with van der Waals surface area (Å²) >= 11 is 6.08. The molecule has 0 spiro atoms. The number of hydrogen-bond donors (Lipinski definition) is 0. The van der Waals surface area contributed by atoms with Crippen molar-refractivity contribution in [3.05, 3.63) is 57.2 Å². The molecule has 7 nitrogen and oxygen atoms in total. The third-order valence-corrected chi connectivity index (χ3v) is 3.53. The predicted octanol–water partition coefficient (Wildman–Crippen LogP) is 2.42. The standard InChI is InChI=1S/C14H8ClFN5O2/c1-19-5-9-6-20(18-13(9)12(16)7-19)14-8(4-17)2-10(21(22)23)3-11(14)15/h2-3,5-7H,1H3/q+1. The van der Waals surface area contributed by atoms with Crippen molar-refractivity contribution >= 4 is 28.2 Å². The molecule has 0 bridgehead atoms. The minimum absolute atomic E-state index is 0.0201. The minimum Gasteiger partial charge on any atom is -0.258 e. The van der Waals surface area contributed by atoms with Gasteiger partial charge in [0, 0.05) is 18.3 Å². The molecule has 0 saturated heterocycles. The summed E-state index contributed by atoms with van der Waals surface area (Å²) in [5, 5.41) is 24.7. The van der Waals surface area contributed by atoms with Crippen LogP contribution in [0.4, 0.5) is 10.1 Å². The Balaban J connectivity index is 2.29. The van der Waals surface area contributed by atoms with Crippen LogP contribution in [0.3, 0.4) is 0 Å². The van der Waals surface area contributed by atoms with Crippen LogP contribution in [0, 0.1) is 27.3 Å². The Morgan fingerprint density at radius 1 is 1.48 bits per heavy atom. The molecular weight excluding hydrogens is 325 g/mol. The van der Waals surface area contributed by atoms with Crippen LogP contribution in [-0.2, 0) is 7.05 Å². The van der Waals surface area contributed by atoms with Crippen molar-refractivity contribution in [1.82, 2.24) is 9.78 Å². The van der Waals surface area contributed by atoms with Crippen LogP contribution in [0.1, 0.15) is 5.56 Å². The summed E-state index contributed by atoms with van der Waals surface area (Å²) < 4.78 is 16.7. The van der Waals surface area contributed by atoms with Crippen molar-refractivity contribution in [2.75, 3.05) is 0 Å². The molecule has 0 radical (unpaired) electrons. The molecule has 2 heterocycles. The van der Waals surface area contributed by atoms with E-state index in [-0.39, 0.29) is 27.5 Å². The van der Waals surface area contributed by atoms with Gasteiger partial charge in [-0.25, -0.2) is 9.25 Å². The molecule has 0 N–H and O–H groups in total. The van der Waals surface area contributed by atoms with Crippen LogP contribution in [0.15, 0.2) is 30.7 Å². The number of benzene rings is 1. The second-order valence-electron chi connectivity index (χ2n) is 4.84. The Morgan fingerprint density at radius 2 is 2.22 bits per heavy atom. The lowest BCUT2D eigenvalue weighted by Crippen LogP contribution is -2.27. The summed E-state index contributed by atoms with van der Waals surface area (Å²) in [4.78, 5) is 10.2. The number of fused-ring (bicyclic) bond motifs is 1. The average molecular weight is 333 g/mol. The zero-order valence-corrected chi connectivity index (χ0v) is 12.5. The molecule has 3 rings (SSSR count). The third-order valence-electron chi connectivity index (χ3n) is 3.24. The van der Waals surface area contributed by atoms with Gasteiger partial charge in [0.1, 0.15) is 24.3 Å². The van der Waals surface area contributed by atoms with Gasteiger partial charge in [0.15, 0.2) is 6.20 Å². The van der Waals surface area contributed by atoms with E-state index in [0.717, 1.165) is 12.1 Å². The van der Waals surface area contributed by atoms with Crippen molar-refractivity contribution in [3.63, 3.8) is 0 Å². The predicted molar refractivity (Wildman–Crippen MR) is 78.6 cm³/mol. The second-order valence-corrected chi connectivity index (χ2v) is 5.25. The zero-order valence-electron chi connectivity index (χ0n) is 11.7. The highest BCUT2D eigenvalue weighted by atomic mass is 35.5. The molecule has 0 atom stereocenters. The van der Waals surface area contributed by atoms with Crippen LogP contribution < -0.4 is 4.57 Å². The molecule has 0 unspecified atom stereocenters. The number of halogens is 2. The first-order valence-electron chi connectivity index (χ1n) is 6.33. The smallest absolute Gasteiger partial charge is 0.258 e. The minimum atomic E-state index is -0.643. The van der Waals surface area contributed by atoms with E-state index in [9.17, 15) is 19.8 Å². The maximum Gasteiger partial charge on any atom is 0.272 e. The van der Waals surface area contributed by atoms with Gasteiger partial charge in [0.2, 0.25) is 12.0 Å². The highest BCUT2D eigenvalue weighted by Gasteiger charge is 2.20. The number of pyridine rings is 1. The first-order chi connectivity index (χ1) is 10.9. The molecular formula is C14H8ClFN5O2+. The van der Waals surface area contributed by atoms with Crippen molar-refractivity contribution in [3.8, 4) is 11.8 Å². The number of nitriles is 1. The summed E-state index contributed by atoms with van der Waals surface area (Å²) in [6.45, 7) is 0. The van der Waals surface area contributed by atoms with E-state index in [4.69, 9.17) is 11.6 Å². The number of non-ortho nitro benzene ring substituents is 1. The highest BCUT2D eigenvalue weighted by molar-refractivity contribution is 6.32. The van der Waals surface area contributed by atoms with Crippen LogP contribution in [-0.4, -0.2) is 14.7 Å². The van der Waals surface area contributed by atoms with Gasteiger partial charge in [-0.15, -0.1) is 0 Å². The summed E-state index contributed by atoms with van der Waals surface area (Å²) in [7, 11) is 1.67. The lowest BCUT2D eigenvalue weighted by molar-refractivity contribution is -0.671. The van der Waals surface area contributed by atoms with Gasteiger partial charge < -0.3 is 0 Å². The Labute approximate surface area is 133 Å². The van der Waals surface area contributed by atoms with Crippen LogP contribution in [0.25, 0.3) is 16.6 Å². The fourth-order valence-corrected chi connectivity index (χ4v) is 2.59. The van der Waals surface area contributed by atoms with E-state index < -0.39 is 10.7 Å².